The van der Waals surface area contributed by atoms with Gasteiger partial charge in [0, 0.05) is 13.2 Å². The quantitative estimate of drug-likeness (QED) is 0.778. The van der Waals surface area contributed by atoms with Crippen molar-refractivity contribution in [2.75, 3.05) is 0 Å². The topological polar surface area (TPSA) is 92.4 Å². The largest absolute Gasteiger partial charge is 0.380 e. The van der Waals surface area contributed by atoms with Crippen molar-refractivity contribution in [2.24, 2.45) is 7.05 Å². The molecule has 0 atom stereocenters. The van der Waals surface area contributed by atoms with Gasteiger partial charge in [-0.25, -0.2) is 4.79 Å². The van der Waals surface area contributed by atoms with Gasteiger partial charge in [-0.2, -0.15) is 5.26 Å². The van der Waals surface area contributed by atoms with Crippen LogP contribution in [0.15, 0.2) is 36.5 Å². The molecule has 1 aliphatic rings. The van der Waals surface area contributed by atoms with E-state index in [0.29, 0.717) is 5.06 Å². The van der Waals surface area contributed by atoms with E-state index in [0.717, 1.165) is 0 Å². The summed E-state index contributed by atoms with van der Waals surface area (Å²) in [7, 11) is 1.56. The number of imide groups is 1. The smallest absolute Gasteiger partial charge is 0.344 e. The number of carbonyl (C=O) groups excluding carboxylic acids is 3. The minimum absolute atomic E-state index is 0.0631. The lowest BCUT2D eigenvalue weighted by molar-refractivity contribution is -0.0590. The third-order valence-electron chi connectivity index (χ3n) is 3.27. The molecule has 2 heterocycles. The number of rotatable bonds is 2. The van der Waals surface area contributed by atoms with Crippen molar-refractivity contribution >= 4 is 17.8 Å². The Morgan fingerprint density at radius 2 is 1.77 bits per heavy atom. The van der Waals surface area contributed by atoms with Gasteiger partial charge in [0.25, 0.3) is 11.8 Å². The van der Waals surface area contributed by atoms with Crippen LogP contribution in [0.2, 0.25) is 0 Å². The summed E-state index contributed by atoms with van der Waals surface area (Å²) in [4.78, 5) is 41.2. The average molecular weight is 295 g/mol. The summed E-state index contributed by atoms with van der Waals surface area (Å²) in [5, 5.41) is 9.25. The van der Waals surface area contributed by atoms with E-state index in [2.05, 4.69) is 0 Å². The Morgan fingerprint density at radius 3 is 2.27 bits per heavy atom. The molecule has 0 N–H and O–H groups in total. The van der Waals surface area contributed by atoms with Crippen LogP contribution in [0.3, 0.4) is 0 Å². The molecule has 2 amide bonds. The maximum atomic E-state index is 12.1. The molecule has 1 aromatic heterocycles. The number of amides is 2. The van der Waals surface area contributed by atoms with Crippen LogP contribution in [0.5, 0.6) is 0 Å². The Balaban J connectivity index is 1.87. The Kier molecular flexibility index (Phi) is 3.00. The Hall–Kier alpha value is -3.40. The van der Waals surface area contributed by atoms with Crippen LogP contribution >= 0.6 is 0 Å². The predicted molar refractivity (Wildman–Crippen MR) is 72.5 cm³/mol. The number of aromatic nitrogens is 1. The number of carbonyl (C=O) groups is 3. The number of nitrogens with zero attached hydrogens (tertiary/aromatic N) is 3. The highest BCUT2D eigenvalue weighted by Gasteiger charge is 2.39. The molecule has 22 heavy (non-hydrogen) atoms. The van der Waals surface area contributed by atoms with Gasteiger partial charge >= 0.3 is 5.97 Å². The van der Waals surface area contributed by atoms with Crippen molar-refractivity contribution < 1.29 is 19.2 Å². The van der Waals surface area contributed by atoms with Gasteiger partial charge in [0.05, 0.1) is 16.7 Å². The highest BCUT2D eigenvalue weighted by Crippen LogP contribution is 2.23. The highest BCUT2D eigenvalue weighted by molar-refractivity contribution is 6.21. The molecule has 0 fully saturated rings. The van der Waals surface area contributed by atoms with Gasteiger partial charge in [0.2, 0.25) is 0 Å². The predicted octanol–water partition coefficient (Wildman–Crippen LogP) is 1.26. The molecule has 7 nitrogen and oxygen atoms in total. The van der Waals surface area contributed by atoms with Crippen LogP contribution in [0.1, 0.15) is 36.8 Å². The molecule has 0 unspecified atom stereocenters. The number of aryl methyl sites for hydroxylation is 1. The summed E-state index contributed by atoms with van der Waals surface area (Å²) in [5.74, 6) is -2.27. The van der Waals surface area contributed by atoms with Crippen molar-refractivity contribution in [1.29, 1.82) is 5.26 Å². The summed E-state index contributed by atoms with van der Waals surface area (Å²) in [6.07, 6.45) is 1.44. The molecular formula is C15H9N3O4. The zero-order valence-corrected chi connectivity index (χ0v) is 11.4. The Morgan fingerprint density at radius 1 is 1.18 bits per heavy atom. The van der Waals surface area contributed by atoms with E-state index in [4.69, 9.17) is 10.1 Å². The summed E-state index contributed by atoms with van der Waals surface area (Å²) >= 11 is 0. The van der Waals surface area contributed by atoms with Crippen molar-refractivity contribution in [1.82, 2.24) is 9.63 Å². The molecule has 0 bridgehead atoms. The first-order valence-corrected chi connectivity index (χ1v) is 6.29. The molecule has 0 spiro atoms. The van der Waals surface area contributed by atoms with E-state index < -0.39 is 17.8 Å². The maximum Gasteiger partial charge on any atom is 0.380 e. The van der Waals surface area contributed by atoms with Crippen LogP contribution in [0.4, 0.5) is 0 Å². The monoisotopic (exact) mass is 295 g/mol. The molecule has 1 aliphatic heterocycles. The fraction of sp³-hybridized carbons (Fsp3) is 0.0667. The summed E-state index contributed by atoms with van der Waals surface area (Å²) in [5.41, 5.74) is 0.708. The van der Waals surface area contributed by atoms with E-state index in [1.807, 2.05) is 6.07 Å². The van der Waals surface area contributed by atoms with E-state index in [1.54, 1.807) is 19.2 Å². The Bertz CT molecular complexity index is 825. The fourth-order valence-electron chi connectivity index (χ4n) is 2.21. The second-order valence-corrected chi connectivity index (χ2v) is 4.67. The second-order valence-electron chi connectivity index (χ2n) is 4.67. The van der Waals surface area contributed by atoms with Gasteiger partial charge in [0.15, 0.2) is 0 Å². The first kappa shape index (κ1) is 13.6. The zero-order chi connectivity index (χ0) is 15.9. The van der Waals surface area contributed by atoms with Crippen LogP contribution in [0.25, 0.3) is 0 Å². The van der Waals surface area contributed by atoms with E-state index >= 15 is 0 Å². The minimum atomic E-state index is -0.890. The molecule has 0 saturated carbocycles. The zero-order valence-electron chi connectivity index (χ0n) is 11.4. The van der Waals surface area contributed by atoms with Gasteiger partial charge in [-0.15, -0.1) is 0 Å². The third-order valence-corrected chi connectivity index (χ3v) is 3.27. The molecule has 1 aromatic carbocycles. The second kappa shape index (κ2) is 4.86. The van der Waals surface area contributed by atoms with Crippen LogP contribution in [-0.4, -0.2) is 27.4 Å². The molecule has 7 heteroatoms. The lowest BCUT2D eigenvalue weighted by Gasteiger charge is -2.12. The van der Waals surface area contributed by atoms with Crippen molar-refractivity contribution in [2.45, 2.75) is 0 Å². The first-order valence-electron chi connectivity index (χ1n) is 6.29. The number of nitriles is 1. The summed E-state index contributed by atoms with van der Waals surface area (Å²) < 4.78 is 1.39. The van der Waals surface area contributed by atoms with Crippen LogP contribution in [-0.2, 0) is 11.9 Å². The molecule has 0 aliphatic carbocycles. The normalized spacial score (nSPS) is 13.0. The number of hydroxylamine groups is 2. The molecular weight excluding hydrogens is 286 g/mol. The average Bonchev–Trinajstić information content (AvgIpc) is 3.01. The standard InChI is InChI=1S/C15H9N3O4/c1-17-8-9(7-16)6-12(17)15(21)22-18-13(19)10-4-2-3-5-11(10)14(18)20/h2-6,8H,1H3. The molecule has 0 saturated heterocycles. The number of fused-ring (bicyclic) bond motifs is 1. The lowest BCUT2D eigenvalue weighted by Crippen LogP contribution is -2.33. The van der Waals surface area contributed by atoms with Gasteiger partial charge in [-0.05, 0) is 18.2 Å². The van der Waals surface area contributed by atoms with Crippen LogP contribution < -0.4 is 0 Å². The number of hydrogen-bond acceptors (Lipinski definition) is 5. The van der Waals surface area contributed by atoms with Gasteiger partial charge in [-0.3, -0.25) is 9.59 Å². The van der Waals surface area contributed by atoms with E-state index in [9.17, 15) is 14.4 Å². The summed E-state index contributed by atoms with van der Waals surface area (Å²) in [6, 6.07) is 9.42. The number of hydrogen-bond donors (Lipinski definition) is 0. The molecule has 0 radical (unpaired) electrons. The third kappa shape index (κ3) is 1.94. The van der Waals surface area contributed by atoms with Crippen molar-refractivity contribution in [3.8, 4) is 6.07 Å². The fourth-order valence-corrected chi connectivity index (χ4v) is 2.21. The highest BCUT2D eigenvalue weighted by atomic mass is 16.7. The lowest BCUT2D eigenvalue weighted by atomic mass is 10.1. The minimum Gasteiger partial charge on any atom is -0.344 e. The van der Waals surface area contributed by atoms with E-state index in [-0.39, 0.29) is 22.4 Å². The Labute approximate surface area is 124 Å². The number of benzene rings is 1. The molecule has 108 valence electrons. The molecule has 2 aromatic rings. The van der Waals surface area contributed by atoms with Crippen LogP contribution in [0, 0.1) is 11.3 Å². The first-order chi connectivity index (χ1) is 10.5. The maximum absolute atomic E-state index is 12.1. The van der Waals surface area contributed by atoms with Crippen molar-refractivity contribution in [3.05, 3.63) is 58.9 Å². The van der Waals surface area contributed by atoms with Crippen molar-refractivity contribution in [3.63, 3.8) is 0 Å². The SMILES string of the molecule is Cn1cc(C#N)cc1C(=O)ON1C(=O)c2ccccc2C1=O. The summed E-state index contributed by atoms with van der Waals surface area (Å²) in [6.45, 7) is 0. The van der Waals surface area contributed by atoms with Gasteiger partial charge in [0.1, 0.15) is 11.8 Å². The van der Waals surface area contributed by atoms with Gasteiger partial charge < -0.3 is 9.40 Å². The molecule has 3 rings (SSSR count). The van der Waals surface area contributed by atoms with Gasteiger partial charge in [-0.1, -0.05) is 17.2 Å². The van der Waals surface area contributed by atoms with E-state index in [1.165, 1.54) is 29.0 Å².